The Morgan fingerprint density at radius 2 is 0.840 bits per heavy atom. The molecule has 0 aliphatic heterocycles. The Morgan fingerprint density at radius 3 is 1.28 bits per heavy atom. The summed E-state index contributed by atoms with van der Waals surface area (Å²) in [5.74, 6) is -1.71. The summed E-state index contributed by atoms with van der Waals surface area (Å²) in [5.41, 5.74) is 13.1. The van der Waals surface area contributed by atoms with E-state index in [2.05, 4.69) is 179 Å². The van der Waals surface area contributed by atoms with Gasteiger partial charge in [0, 0.05) is 72.7 Å². The number of hydrogen-bond donors (Lipinski definition) is 2. The van der Waals surface area contributed by atoms with E-state index in [-0.39, 0.29) is 41.5 Å². The van der Waals surface area contributed by atoms with E-state index in [0.29, 0.717) is 58.5 Å². The molecule has 0 atom stereocenters. The monoisotopic (exact) mass is 1250 g/mol. The molecule has 5 aromatic rings. The lowest BCUT2D eigenvalue weighted by molar-refractivity contribution is -0.137. The molecule has 12 heteroatoms. The molecule has 0 aromatic heterocycles. The number of rotatable bonds is 12. The second-order valence-electron chi connectivity index (χ2n) is 22.6. The van der Waals surface area contributed by atoms with Crippen molar-refractivity contribution in [1.29, 1.82) is 0 Å². The number of hydrogen-bond acceptors (Lipinski definition) is 10. The van der Waals surface area contributed by atoms with Gasteiger partial charge in [-0.05, 0) is 110 Å². The average molecular weight is 1250 g/mol. The van der Waals surface area contributed by atoms with Gasteiger partial charge in [-0.25, -0.2) is 19.2 Å². The van der Waals surface area contributed by atoms with Gasteiger partial charge in [-0.2, -0.15) is 0 Å². The van der Waals surface area contributed by atoms with Gasteiger partial charge in [-0.15, -0.1) is 0 Å². The highest BCUT2D eigenvalue weighted by Gasteiger charge is 2.30. The van der Waals surface area contributed by atoms with Crippen LogP contribution >= 0.6 is 37.2 Å². The molecule has 404 valence electrons. The minimum Gasteiger partial charge on any atom is -0.466 e. The van der Waals surface area contributed by atoms with E-state index in [1.807, 2.05) is 48.5 Å². The number of halogens is 2. The molecule has 0 heterocycles. The van der Waals surface area contributed by atoms with Crippen molar-refractivity contribution in [2.24, 2.45) is 0 Å². The number of esters is 4. The topological polar surface area (TPSA) is 129 Å². The fourth-order valence-electron chi connectivity index (χ4n) is 8.47. The first-order valence-electron chi connectivity index (χ1n) is 24.7. The van der Waals surface area contributed by atoms with Gasteiger partial charge in [0.15, 0.2) is 0 Å². The molecule has 0 bridgehead atoms. The van der Waals surface area contributed by atoms with Crippen molar-refractivity contribution >= 4 is 78.2 Å². The van der Waals surface area contributed by atoms with Gasteiger partial charge in [0.1, 0.15) is 0 Å². The van der Waals surface area contributed by atoms with Crippen molar-refractivity contribution in [3.63, 3.8) is 0 Å². The highest BCUT2D eigenvalue weighted by atomic mass is 128. The lowest BCUT2D eigenvalue weighted by atomic mass is 9.83. The Labute approximate surface area is 471 Å². The van der Waals surface area contributed by atoms with Crippen LogP contribution in [0, 0.1) is 0 Å². The lowest BCUT2D eigenvalue weighted by Crippen LogP contribution is -2.23. The molecule has 0 fully saturated rings. The molecule has 2 N–H and O–H groups in total. The van der Waals surface area contributed by atoms with Gasteiger partial charge in [0.25, 0.3) is 0 Å². The van der Waals surface area contributed by atoms with E-state index in [4.69, 9.17) is 18.9 Å². The number of anilines is 3. The molecule has 0 spiro atoms. The van der Waals surface area contributed by atoms with Crippen molar-refractivity contribution < 1.29 is 38.1 Å². The maximum Gasteiger partial charge on any atom is 0.339 e. The molecule has 1 aliphatic carbocycles. The number of methoxy groups -OCH3 is 4. The first-order chi connectivity index (χ1) is 34.7. The van der Waals surface area contributed by atoms with Crippen LogP contribution in [0.15, 0.2) is 132 Å². The summed E-state index contributed by atoms with van der Waals surface area (Å²) in [6, 6.07) is 36.3. The quantitative estimate of drug-likeness (QED) is 0.0708. The van der Waals surface area contributed by atoms with Crippen LogP contribution in [0.5, 0.6) is 0 Å². The molecule has 0 amide bonds. The second-order valence-corrected chi connectivity index (χ2v) is 22.6. The summed E-state index contributed by atoms with van der Waals surface area (Å²) in [4.78, 5) is 51.4. The Hall–Kier alpha value is -5.48. The van der Waals surface area contributed by atoms with Gasteiger partial charge in [-0.3, -0.25) is 0 Å². The fourth-order valence-corrected chi connectivity index (χ4v) is 8.47. The summed E-state index contributed by atoms with van der Waals surface area (Å²) in [5, 5.41) is 6.75. The normalized spacial score (nSPS) is 12.7. The first-order valence-corrected chi connectivity index (χ1v) is 31.0. The smallest absolute Gasteiger partial charge is 0.339 e. The standard InChI is InChI=1S/C31H39NO4.C31H37NO4.CH4.I2/c2*1-30(2,3)22-12-9-11-20(16-22)15-21-17-26(29(34)36-8)27(19-25(21)28(33)35-7)32-24-14-10-13-23(18-24)31(4,5)6;;1-2/h9-14,16,18,32H,15,17,19H2,1-8H3;9-14,16-19,32H,15H2,1-8H3;1H4;. The SMILES string of the molecule is C.COC(=O)C1=C(Cc2cccc(C(C)(C)C)c2)CC(C(=O)OC)=C(Nc2cccc(C(C)(C)C)c2)C1.COC(=O)c1cc(Nc2cccc(C(C)(C)C)c2)c(C(=O)OC)cc1Cc1cccc(C(C)(C)C)c1.II. The largest absolute Gasteiger partial charge is 0.466 e. The summed E-state index contributed by atoms with van der Waals surface area (Å²) < 4.78 is 20.5. The molecule has 0 saturated heterocycles. The van der Waals surface area contributed by atoms with Crippen LogP contribution in [0.25, 0.3) is 0 Å². The summed E-state index contributed by atoms with van der Waals surface area (Å²) in [6.45, 7) is 25.9. The molecule has 6 rings (SSSR count). The second kappa shape index (κ2) is 27.5. The summed E-state index contributed by atoms with van der Waals surface area (Å²) in [7, 11) is 5.50. The van der Waals surface area contributed by atoms with E-state index in [0.717, 1.165) is 33.6 Å². The minimum atomic E-state index is -0.481. The van der Waals surface area contributed by atoms with Crippen molar-refractivity contribution in [3.8, 4) is 0 Å². The molecule has 0 radical (unpaired) electrons. The maximum absolute atomic E-state index is 12.9. The highest BCUT2D eigenvalue weighted by Crippen LogP contribution is 2.37. The third kappa shape index (κ3) is 17.8. The zero-order chi connectivity index (χ0) is 55.3. The molecule has 0 saturated carbocycles. The number of nitrogens with one attached hydrogen (secondary N) is 2. The molecular weight excluding hydrogens is 1170 g/mol. The van der Waals surface area contributed by atoms with E-state index in [1.54, 1.807) is 12.1 Å². The van der Waals surface area contributed by atoms with E-state index in [9.17, 15) is 19.2 Å². The van der Waals surface area contributed by atoms with Crippen molar-refractivity contribution in [2.75, 3.05) is 39.1 Å². The predicted molar refractivity (Wildman–Crippen MR) is 325 cm³/mol. The summed E-state index contributed by atoms with van der Waals surface area (Å²) in [6.07, 6.45) is 1.61. The zero-order valence-corrected chi connectivity index (χ0v) is 50.6. The van der Waals surface area contributed by atoms with Crippen molar-refractivity contribution in [2.45, 2.75) is 138 Å². The average Bonchev–Trinajstić information content (AvgIpc) is 3.36. The van der Waals surface area contributed by atoms with E-state index in [1.165, 1.54) is 45.1 Å². The molecule has 5 aromatic carbocycles. The van der Waals surface area contributed by atoms with Gasteiger partial charge in [0.2, 0.25) is 0 Å². The van der Waals surface area contributed by atoms with Crippen LogP contribution in [0.2, 0.25) is 0 Å². The van der Waals surface area contributed by atoms with Crippen molar-refractivity contribution in [1.82, 2.24) is 0 Å². The van der Waals surface area contributed by atoms with Crippen LogP contribution in [0.4, 0.5) is 17.1 Å². The number of allylic oxidation sites excluding steroid dienone is 2. The zero-order valence-electron chi connectivity index (χ0n) is 46.2. The lowest BCUT2D eigenvalue weighted by Gasteiger charge is -2.26. The van der Waals surface area contributed by atoms with Crippen LogP contribution in [0.3, 0.4) is 0 Å². The van der Waals surface area contributed by atoms with Gasteiger partial charge in [-0.1, -0.05) is 169 Å². The fraction of sp³-hybridized carbons (Fsp3) is 0.397. The number of benzene rings is 5. The molecule has 0 unspecified atom stereocenters. The van der Waals surface area contributed by atoms with Crippen molar-refractivity contribution in [3.05, 3.63) is 182 Å². The van der Waals surface area contributed by atoms with Crippen LogP contribution in [-0.4, -0.2) is 52.3 Å². The minimum absolute atomic E-state index is 0. The first kappa shape index (κ1) is 63.8. The Kier molecular flexibility index (Phi) is 23.4. The van der Waals surface area contributed by atoms with E-state index >= 15 is 0 Å². The van der Waals surface area contributed by atoms with Gasteiger partial charge in [0.05, 0.1) is 50.8 Å². The molecule has 10 nitrogen and oxygen atoms in total. The van der Waals surface area contributed by atoms with Crippen LogP contribution < -0.4 is 10.6 Å². The van der Waals surface area contributed by atoms with E-state index < -0.39 is 17.9 Å². The summed E-state index contributed by atoms with van der Waals surface area (Å²) >= 11 is 4.24. The molecular formula is C63H80I2N2O8. The van der Waals surface area contributed by atoms with Crippen LogP contribution in [-0.2, 0) is 63.0 Å². The Morgan fingerprint density at radius 1 is 0.453 bits per heavy atom. The predicted octanol–water partition coefficient (Wildman–Crippen LogP) is 16.2. The number of ether oxygens (including phenoxy) is 4. The Bertz CT molecular complexity index is 2680. The maximum atomic E-state index is 12.9. The number of carbonyl (C=O) groups is 4. The van der Waals surface area contributed by atoms with Crippen LogP contribution in [0.1, 0.15) is 163 Å². The third-order valence-corrected chi connectivity index (χ3v) is 12.9. The highest BCUT2D eigenvalue weighted by molar-refractivity contribution is 15.0. The van der Waals surface area contributed by atoms with Gasteiger partial charge < -0.3 is 29.6 Å². The number of carbonyl (C=O) groups excluding carboxylic acids is 4. The van der Waals surface area contributed by atoms with Gasteiger partial charge >= 0.3 is 23.9 Å². The molecule has 1 aliphatic rings. The molecule has 75 heavy (non-hydrogen) atoms. The Balaban J connectivity index is 0.000000378. The third-order valence-electron chi connectivity index (χ3n) is 12.9.